The molecule has 3 heteroatoms. The summed E-state index contributed by atoms with van der Waals surface area (Å²) < 4.78 is 0. The fourth-order valence-corrected chi connectivity index (χ4v) is 1.01. The number of hydrogen-bond acceptors (Lipinski definition) is 2. The molecule has 0 N–H and O–H groups in total. The van der Waals surface area contributed by atoms with Gasteiger partial charge in [-0.2, -0.15) is 0 Å². The van der Waals surface area contributed by atoms with E-state index in [4.69, 9.17) is 0 Å². The molecule has 0 saturated heterocycles. The molecule has 0 fully saturated rings. The molecule has 62 valence electrons. The number of rotatable bonds is 0. The summed E-state index contributed by atoms with van der Waals surface area (Å²) in [5, 5.41) is 0. The molecule has 0 unspecified atom stereocenters. The van der Waals surface area contributed by atoms with Crippen LogP contribution >= 0.6 is 12.4 Å². The van der Waals surface area contributed by atoms with E-state index in [9.17, 15) is 0 Å². The minimum Gasteiger partial charge on any atom is -0.321 e. The highest BCUT2D eigenvalue weighted by Crippen LogP contribution is 2.10. The number of aliphatic imine (C=N–C) groups is 1. The normalized spacial score (nSPS) is 18.0. The van der Waals surface area contributed by atoms with Crippen LogP contribution in [0.2, 0.25) is 0 Å². The van der Waals surface area contributed by atoms with Crippen LogP contribution in [0.3, 0.4) is 0 Å². The highest BCUT2D eigenvalue weighted by molar-refractivity contribution is 5.85. The van der Waals surface area contributed by atoms with Crippen LogP contribution in [0.1, 0.15) is 0 Å². The molecule has 0 aromatic carbocycles. The van der Waals surface area contributed by atoms with E-state index in [1.807, 2.05) is 47.8 Å². The van der Waals surface area contributed by atoms with Crippen molar-refractivity contribution in [1.29, 1.82) is 0 Å². The van der Waals surface area contributed by atoms with Gasteiger partial charge in [0.25, 0.3) is 0 Å². The van der Waals surface area contributed by atoms with Crippen LogP contribution in [-0.2, 0) is 0 Å². The van der Waals surface area contributed by atoms with E-state index in [0.29, 0.717) is 0 Å². The quantitative estimate of drug-likeness (QED) is 0.558. The van der Waals surface area contributed by atoms with E-state index in [1.54, 1.807) is 6.20 Å². The van der Waals surface area contributed by atoms with Crippen molar-refractivity contribution in [2.24, 2.45) is 4.99 Å². The second-order valence-electron chi connectivity index (χ2n) is 2.30. The minimum atomic E-state index is 0. The van der Waals surface area contributed by atoms with Gasteiger partial charge in [-0.3, -0.25) is 4.99 Å². The standard InChI is InChI=1S/C9H8N2.ClH/c1-2-4-9-8-10-5-7-11(9)6-3-1;/h1-8H;1H. The number of allylic oxidation sites excluding steroid dienone is 5. The summed E-state index contributed by atoms with van der Waals surface area (Å²) in [5.41, 5.74) is 1.09. The van der Waals surface area contributed by atoms with Gasteiger partial charge in [0.2, 0.25) is 0 Å². The zero-order valence-corrected chi connectivity index (χ0v) is 7.24. The Hall–Kier alpha value is -1.28. The number of halogens is 1. The Morgan fingerprint density at radius 2 is 2.00 bits per heavy atom. The Morgan fingerprint density at radius 1 is 1.08 bits per heavy atom. The molecule has 0 bridgehead atoms. The molecule has 0 spiro atoms. The molecule has 0 saturated carbocycles. The SMILES string of the molecule is C1=CC=C2C=NC=CN2C=C1.Cl. The topological polar surface area (TPSA) is 15.6 Å². The third-order valence-electron chi connectivity index (χ3n) is 1.55. The van der Waals surface area contributed by atoms with Gasteiger partial charge in [-0.25, -0.2) is 0 Å². The lowest BCUT2D eigenvalue weighted by molar-refractivity contribution is 0.659. The highest BCUT2D eigenvalue weighted by Gasteiger charge is 2.02. The molecule has 2 nitrogen and oxygen atoms in total. The molecule has 2 heterocycles. The molecule has 2 aliphatic rings. The third-order valence-corrected chi connectivity index (χ3v) is 1.55. The predicted octanol–water partition coefficient (Wildman–Crippen LogP) is 2.23. The molecule has 2 rings (SSSR count). The molecular formula is C9H9ClN2. The van der Waals surface area contributed by atoms with E-state index in [1.165, 1.54) is 0 Å². The van der Waals surface area contributed by atoms with Crippen molar-refractivity contribution in [3.63, 3.8) is 0 Å². The van der Waals surface area contributed by atoms with E-state index in [0.717, 1.165) is 5.70 Å². The smallest absolute Gasteiger partial charge is 0.0633 e. The van der Waals surface area contributed by atoms with E-state index in [2.05, 4.69) is 4.99 Å². The Balaban J connectivity index is 0.000000720. The summed E-state index contributed by atoms with van der Waals surface area (Å²) in [6, 6.07) is 0. The van der Waals surface area contributed by atoms with Gasteiger partial charge < -0.3 is 4.90 Å². The zero-order chi connectivity index (χ0) is 7.52. The maximum absolute atomic E-state index is 4.02. The van der Waals surface area contributed by atoms with Gasteiger partial charge in [-0.05, 0) is 12.2 Å². The number of fused-ring (bicyclic) bond motifs is 1. The molecular weight excluding hydrogens is 172 g/mol. The summed E-state index contributed by atoms with van der Waals surface area (Å²) in [7, 11) is 0. The first-order valence-electron chi connectivity index (χ1n) is 3.50. The Morgan fingerprint density at radius 3 is 2.92 bits per heavy atom. The summed E-state index contributed by atoms with van der Waals surface area (Å²) in [5.74, 6) is 0. The first-order valence-corrected chi connectivity index (χ1v) is 3.50. The van der Waals surface area contributed by atoms with Crippen molar-refractivity contribution < 1.29 is 0 Å². The largest absolute Gasteiger partial charge is 0.321 e. The van der Waals surface area contributed by atoms with Crippen molar-refractivity contribution in [2.45, 2.75) is 0 Å². The van der Waals surface area contributed by atoms with Crippen molar-refractivity contribution in [3.8, 4) is 0 Å². The molecule has 0 aromatic heterocycles. The third kappa shape index (κ3) is 1.66. The minimum absolute atomic E-state index is 0. The molecule has 0 amide bonds. The summed E-state index contributed by atoms with van der Waals surface area (Å²) in [6.45, 7) is 0. The second kappa shape index (κ2) is 3.93. The second-order valence-corrected chi connectivity index (χ2v) is 2.30. The molecule has 2 aliphatic heterocycles. The van der Waals surface area contributed by atoms with E-state index >= 15 is 0 Å². The molecule has 0 radical (unpaired) electrons. The monoisotopic (exact) mass is 180 g/mol. The van der Waals surface area contributed by atoms with Crippen molar-refractivity contribution in [1.82, 2.24) is 4.90 Å². The van der Waals surface area contributed by atoms with E-state index < -0.39 is 0 Å². The first kappa shape index (κ1) is 8.81. The fraction of sp³-hybridized carbons (Fsp3) is 0. The van der Waals surface area contributed by atoms with Gasteiger partial charge in [-0.1, -0.05) is 12.2 Å². The number of nitrogens with zero attached hydrogens (tertiary/aromatic N) is 2. The summed E-state index contributed by atoms with van der Waals surface area (Å²) in [4.78, 5) is 6.04. The van der Waals surface area contributed by atoms with Crippen LogP contribution in [0.4, 0.5) is 0 Å². The lowest BCUT2D eigenvalue weighted by atomic mass is 10.3. The van der Waals surface area contributed by atoms with Crippen LogP contribution in [0.25, 0.3) is 0 Å². The van der Waals surface area contributed by atoms with Gasteiger partial charge in [0.1, 0.15) is 0 Å². The Labute approximate surface area is 77.7 Å². The lowest BCUT2D eigenvalue weighted by Crippen LogP contribution is -2.11. The van der Waals surface area contributed by atoms with Gasteiger partial charge in [0, 0.05) is 18.6 Å². The number of hydrogen-bond donors (Lipinski definition) is 0. The molecule has 12 heavy (non-hydrogen) atoms. The average molecular weight is 181 g/mol. The molecule has 0 aliphatic carbocycles. The van der Waals surface area contributed by atoms with Gasteiger partial charge in [0.15, 0.2) is 0 Å². The van der Waals surface area contributed by atoms with Crippen molar-refractivity contribution in [2.75, 3.05) is 0 Å². The van der Waals surface area contributed by atoms with Crippen LogP contribution < -0.4 is 0 Å². The zero-order valence-electron chi connectivity index (χ0n) is 6.42. The maximum atomic E-state index is 4.02. The van der Waals surface area contributed by atoms with Gasteiger partial charge in [0.05, 0.1) is 11.9 Å². The maximum Gasteiger partial charge on any atom is 0.0633 e. The van der Waals surface area contributed by atoms with Gasteiger partial charge in [-0.15, -0.1) is 12.4 Å². The Kier molecular flexibility index (Phi) is 2.88. The van der Waals surface area contributed by atoms with Crippen molar-refractivity contribution >= 4 is 18.6 Å². The van der Waals surface area contributed by atoms with Crippen LogP contribution in [-0.4, -0.2) is 11.1 Å². The fourth-order valence-electron chi connectivity index (χ4n) is 1.01. The molecule has 0 atom stereocenters. The van der Waals surface area contributed by atoms with Crippen LogP contribution in [0.15, 0.2) is 53.6 Å². The summed E-state index contributed by atoms with van der Waals surface area (Å²) >= 11 is 0. The summed E-state index contributed by atoms with van der Waals surface area (Å²) in [6.07, 6.45) is 15.5. The first-order chi connectivity index (χ1) is 5.47. The van der Waals surface area contributed by atoms with Crippen LogP contribution in [0, 0.1) is 0 Å². The highest BCUT2D eigenvalue weighted by atomic mass is 35.5. The van der Waals surface area contributed by atoms with Crippen molar-refractivity contribution in [3.05, 3.63) is 48.6 Å². The predicted molar refractivity (Wildman–Crippen MR) is 53.1 cm³/mol. The lowest BCUT2D eigenvalue weighted by Gasteiger charge is -2.16. The Bertz CT molecular complexity index is 298. The van der Waals surface area contributed by atoms with Crippen LogP contribution in [0.5, 0.6) is 0 Å². The molecule has 0 aromatic rings. The van der Waals surface area contributed by atoms with Gasteiger partial charge >= 0.3 is 0 Å². The van der Waals surface area contributed by atoms with E-state index in [-0.39, 0.29) is 12.4 Å². The average Bonchev–Trinajstić information content (AvgIpc) is 2.28.